The van der Waals surface area contributed by atoms with Gasteiger partial charge < -0.3 is 9.47 Å². The molecule has 130 valence electrons. The monoisotopic (exact) mass is 337 g/mol. The molecule has 25 heavy (non-hydrogen) atoms. The Morgan fingerprint density at radius 1 is 1.08 bits per heavy atom. The zero-order chi connectivity index (χ0) is 16.8. The minimum atomic E-state index is 0.254. The zero-order valence-electron chi connectivity index (χ0n) is 14.3. The predicted molar refractivity (Wildman–Crippen MR) is 92.6 cm³/mol. The second kappa shape index (κ2) is 5.93. The first-order chi connectivity index (χ1) is 12.3. The van der Waals surface area contributed by atoms with E-state index < -0.39 is 0 Å². The normalized spacial score (nSPS) is 25.8. The van der Waals surface area contributed by atoms with Gasteiger partial charge in [0.25, 0.3) is 0 Å². The van der Waals surface area contributed by atoms with E-state index in [9.17, 15) is 4.79 Å². The molecule has 1 saturated heterocycles. The van der Waals surface area contributed by atoms with Gasteiger partial charge in [0, 0.05) is 42.9 Å². The fourth-order valence-corrected chi connectivity index (χ4v) is 4.89. The van der Waals surface area contributed by atoms with Gasteiger partial charge in [0.2, 0.25) is 5.91 Å². The molecule has 0 radical (unpaired) electrons. The summed E-state index contributed by atoms with van der Waals surface area (Å²) < 4.78 is 2.22. The summed E-state index contributed by atoms with van der Waals surface area (Å²) in [5, 5.41) is 8.87. The van der Waals surface area contributed by atoms with Crippen molar-refractivity contribution >= 4 is 5.91 Å². The molecule has 2 aliphatic heterocycles. The Hall–Kier alpha value is -2.24. The second-order valence-corrected chi connectivity index (χ2v) is 7.61. The van der Waals surface area contributed by atoms with Crippen molar-refractivity contribution in [2.24, 2.45) is 5.92 Å². The van der Waals surface area contributed by atoms with Crippen LogP contribution in [0.15, 0.2) is 24.5 Å². The number of rotatable bonds is 2. The van der Waals surface area contributed by atoms with E-state index in [0.717, 1.165) is 55.9 Å². The zero-order valence-corrected chi connectivity index (χ0v) is 14.3. The molecule has 0 aromatic carbocycles. The van der Waals surface area contributed by atoms with Crippen LogP contribution >= 0.6 is 0 Å². The van der Waals surface area contributed by atoms with Crippen molar-refractivity contribution in [2.45, 2.75) is 63.6 Å². The quantitative estimate of drug-likeness (QED) is 0.844. The summed E-state index contributed by atoms with van der Waals surface area (Å²) in [7, 11) is 0. The third-order valence-electron chi connectivity index (χ3n) is 6.14. The number of carbonyl (C=O) groups is 1. The summed E-state index contributed by atoms with van der Waals surface area (Å²) in [6.45, 7) is 0.807. The molecule has 1 saturated carbocycles. The molecule has 2 atom stereocenters. The smallest absolute Gasteiger partial charge is 0.226 e. The third-order valence-corrected chi connectivity index (χ3v) is 6.14. The number of hydrogen-bond acceptors (Lipinski definition) is 4. The molecule has 0 unspecified atom stereocenters. The van der Waals surface area contributed by atoms with Crippen LogP contribution in [0.25, 0.3) is 11.4 Å². The number of fused-ring (bicyclic) bond motifs is 3. The van der Waals surface area contributed by atoms with E-state index in [4.69, 9.17) is 0 Å². The maximum Gasteiger partial charge on any atom is 0.226 e. The number of nitrogens with zero attached hydrogens (tertiary/aromatic N) is 5. The van der Waals surface area contributed by atoms with Gasteiger partial charge in [-0.25, -0.2) is 0 Å². The largest absolute Gasteiger partial charge is 0.334 e. The molecule has 5 rings (SSSR count). The van der Waals surface area contributed by atoms with Gasteiger partial charge in [-0.15, -0.1) is 10.2 Å². The first-order valence-electron chi connectivity index (χ1n) is 9.46. The van der Waals surface area contributed by atoms with E-state index in [1.54, 1.807) is 6.20 Å². The predicted octanol–water partition coefficient (Wildman–Crippen LogP) is 2.45. The molecule has 2 fully saturated rings. The Kier molecular flexibility index (Phi) is 3.57. The van der Waals surface area contributed by atoms with Crippen LogP contribution in [0.5, 0.6) is 0 Å². The van der Waals surface area contributed by atoms with Crippen LogP contribution in [0.2, 0.25) is 0 Å². The van der Waals surface area contributed by atoms with Gasteiger partial charge in [-0.3, -0.25) is 9.78 Å². The van der Waals surface area contributed by atoms with Crippen LogP contribution < -0.4 is 0 Å². The van der Waals surface area contributed by atoms with E-state index >= 15 is 0 Å². The van der Waals surface area contributed by atoms with Crippen LogP contribution in [-0.2, 0) is 17.8 Å². The molecule has 0 N–H and O–H groups in total. The molecular formula is C19H23N5O. The minimum absolute atomic E-state index is 0.254. The van der Waals surface area contributed by atoms with Gasteiger partial charge in [0.15, 0.2) is 5.82 Å². The van der Waals surface area contributed by atoms with Gasteiger partial charge in [-0.1, -0.05) is 12.8 Å². The SMILES string of the molecule is O=C(C1CCCC1)N1[C@@H]2CC[C@H]1Cc1nnc(-c3cccnc3)n1C2. The Balaban J connectivity index is 1.47. The van der Waals surface area contributed by atoms with Crippen LogP contribution in [0.1, 0.15) is 44.3 Å². The van der Waals surface area contributed by atoms with Gasteiger partial charge >= 0.3 is 0 Å². The standard InChI is InChI=1S/C19H23N5O/c25-19(13-4-1-2-5-13)24-15-7-8-16(24)12-23-17(10-15)21-22-18(23)14-6-3-9-20-11-14/h3,6,9,11,13,15-16H,1-2,4-5,7-8,10,12H2/t15-,16+/m0/s1. The molecule has 4 heterocycles. The number of aromatic nitrogens is 4. The molecule has 6 nitrogen and oxygen atoms in total. The molecule has 0 spiro atoms. The average Bonchev–Trinajstić information content (AvgIpc) is 3.35. The highest BCUT2D eigenvalue weighted by molar-refractivity contribution is 5.80. The maximum absolute atomic E-state index is 13.1. The van der Waals surface area contributed by atoms with Crippen LogP contribution in [0.4, 0.5) is 0 Å². The Labute approximate surface area is 147 Å². The molecule has 2 aromatic rings. The third kappa shape index (κ3) is 2.46. The van der Waals surface area contributed by atoms with Gasteiger partial charge in [-0.2, -0.15) is 0 Å². The molecule has 1 aliphatic carbocycles. The Morgan fingerprint density at radius 2 is 1.92 bits per heavy atom. The van der Waals surface area contributed by atoms with Gasteiger partial charge in [0.1, 0.15) is 5.82 Å². The first kappa shape index (κ1) is 15.0. The summed E-state index contributed by atoms with van der Waals surface area (Å²) in [5.41, 5.74) is 0.993. The fourth-order valence-electron chi connectivity index (χ4n) is 4.89. The molecule has 6 heteroatoms. The van der Waals surface area contributed by atoms with E-state index in [0.29, 0.717) is 11.9 Å². The molecular weight excluding hydrogens is 314 g/mol. The van der Waals surface area contributed by atoms with Gasteiger partial charge in [0.05, 0.1) is 6.04 Å². The molecule has 2 bridgehead atoms. The molecule has 1 amide bonds. The summed E-state index contributed by atoms with van der Waals surface area (Å²) in [5.74, 6) is 2.54. The Bertz CT molecular complexity index is 780. The lowest BCUT2D eigenvalue weighted by molar-refractivity contribution is -0.138. The summed E-state index contributed by atoms with van der Waals surface area (Å²) in [6, 6.07) is 4.53. The van der Waals surface area contributed by atoms with Crippen LogP contribution in [0, 0.1) is 5.92 Å². The highest BCUT2D eigenvalue weighted by atomic mass is 16.2. The van der Waals surface area contributed by atoms with Crippen molar-refractivity contribution in [3.05, 3.63) is 30.4 Å². The highest BCUT2D eigenvalue weighted by Gasteiger charge is 2.43. The number of pyridine rings is 1. The number of carbonyl (C=O) groups excluding carboxylic acids is 1. The Morgan fingerprint density at radius 3 is 2.72 bits per heavy atom. The lowest BCUT2D eigenvalue weighted by Crippen LogP contribution is -2.44. The minimum Gasteiger partial charge on any atom is -0.334 e. The van der Waals surface area contributed by atoms with Crippen molar-refractivity contribution in [2.75, 3.05) is 0 Å². The van der Waals surface area contributed by atoms with Crippen molar-refractivity contribution < 1.29 is 4.79 Å². The topological polar surface area (TPSA) is 63.9 Å². The summed E-state index contributed by atoms with van der Waals surface area (Å²) in [6.07, 6.45) is 11.2. The van der Waals surface area contributed by atoms with Crippen molar-refractivity contribution in [1.82, 2.24) is 24.6 Å². The second-order valence-electron chi connectivity index (χ2n) is 7.61. The maximum atomic E-state index is 13.1. The first-order valence-corrected chi connectivity index (χ1v) is 9.46. The van der Waals surface area contributed by atoms with Crippen LogP contribution in [-0.4, -0.2) is 42.6 Å². The van der Waals surface area contributed by atoms with Crippen molar-refractivity contribution in [1.29, 1.82) is 0 Å². The number of hydrogen-bond donors (Lipinski definition) is 0. The van der Waals surface area contributed by atoms with E-state index in [1.807, 2.05) is 18.3 Å². The van der Waals surface area contributed by atoms with Crippen LogP contribution in [0.3, 0.4) is 0 Å². The fraction of sp³-hybridized carbons (Fsp3) is 0.579. The lowest BCUT2D eigenvalue weighted by atomic mass is 10.0. The van der Waals surface area contributed by atoms with E-state index in [1.165, 1.54) is 12.8 Å². The number of amides is 1. The van der Waals surface area contributed by atoms with E-state index in [-0.39, 0.29) is 12.0 Å². The highest BCUT2D eigenvalue weighted by Crippen LogP contribution is 2.36. The van der Waals surface area contributed by atoms with Crippen molar-refractivity contribution in [3.8, 4) is 11.4 Å². The van der Waals surface area contributed by atoms with E-state index in [2.05, 4.69) is 24.6 Å². The van der Waals surface area contributed by atoms with Crippen molar-refractivity contribution in [3.63, 3.8) is 0 Å². The molecule has 2 aromatic heterocycles. The summed E-state index contributed by atoms with van der Waals surface area (Å²) in [4.78, 5) is 19.5. The van der Waals surface area contributed by atoms with Gasteiger partial charge in [-0.05, 0) is 37.8 Å². The lowest BCUT2D eigenvalue weighted by Gasteiger charge is -2.30. The molecule has 3 aliphatic rings. The summed E-state index contributed by atoms with van der Waals surface area (Å²) >= 11 is 0. The average molecular weight is 337 g/mol.